The van der Waals surface area contributed by atoms with Gasteiger partial charge in [-0.1, -0.05) is 43.3 Å². The van der Waals surface area contributed by atoms with Crippen molar-refractivity contribution < 1.29 is 33.2 Å². The molecule has 2 aromatic heterocycles. The van der Waals surface area contributed by atoms with Gasteiger partial charge in [-0.2, -0.15) is 4.98 Å². The third-order valence-electron chi connectivity index (χ3n) is 10.1. The van der Waals surface area contributed by atoms with Crippen LogP contribution in [0.3, 0.4) is 0 Å². The van der Waals surface area contributed by atoms with E-state index in [2.05, 4.69) is 63.9 Å². The standard InChI is InChI=1S/C40H36N6O7/c1-22-42-36(45-53-22)33-15-13-29(21-41-33)51-27-9-4-23(5-10-27)40(2,3)24-6-11-28(12-7-24)52-30-18-26(19-30)43-25-8-14-31-32(20-25)39(50)46(38(31)49)34-16-17-35(47)44-37(34)48/h4-15,20-21,26,30,34,43H,16-19H2,1-3H3,(H,44,47,48)/t26-,30+,34?. The molecule has 2 N–H and O–H groups in total. The molecular formula is C40H36N6O7. The second-order valence-electron chi connectivity index (χ2n) is 14.1. The van der Waals surface area contributed by atoms with Crippen LogP contribution in [-0.4, -0.2) is 61.8 Å². The van der Waals surface area contributed by atoms with Gasteiger partial charge in [0.15, 0.2) is 0 Å². The normalized spacial score (nSPS) is 19.8. The number of hydrogen-bond acceptors (Lipinski definition) is 11. The van der Waals surface area contributed by atoms with Crippen LogP contribution in [0.5, 0.6) is 17.2 Å². The molecule has 2 aliphatic heterocycles. The summed E-state index contributed by atoms with van der Waals surface area (Å²) in [5.74, 6) is 0.930. The number of ether oxygens (including phenoxy) is 2. The van der Waals surface area contributed by atoms with Gasteiger partial charge in [-0.05, 0) is 72.1 Å². The Morgan fingerprint density at radius 2 is 1.53 bits per heavy atom. The summed E-state index contributed by atoms with van der Waals surface area (Å²) in [4.78, 5) is 59.6. The van der Waals surface area contributed by atoms with Crippen LogP contribution < -0.4 is 20.1 Å². The molecule has 4 amide bonds. The first-order valence-electron chi connectivity index (χ1n) is 17.5. The van der Waals surface area contributed by atoms with Crippen molar-refractivity contribution in [2.75, 3.05) is 5.32 Å². The summed E-state index contributed by atoms with van der Waals surface area (Å²) in [6, 6.07) is 24.0. The zero-order valence-corrected chi connectivity index (χ0v) is 29.3. The molecule has 0 bridgehead atoms. The van der Waals surface area contributed by atoms with Crippen LogP contribution in [0.15, 0.2) is 89.6 Å². The number of aromatic nitrogens is 3. The fourth-order valence-electron chi connectivity index (χ4n) is 6.94. The van der Waals surface area contributed by atoms with E-state index in [1.54, 1.807) is 37.4 Å². The average Bonchev–Trinajstić information content (AvgIpc) is 3.68. The van der Waals surface area contributed by atoms with Crippen LogP contribution in [0.2, 0.25) is 0 Å². The molecule has 1 atom stereocenters. The maximum atomic E-state index is 13.2. The van der Waals surface area contributed by atoms with Gasteiger partial charge in [0.2, 0.25) is 23.5 Å². The lowest BCUT2D eigenvalue weighted by atomic mass is 9.78. The first kappa shape index (κ1) is 33.8. The number of imide groups is 2. The molecule has 2 fully saturated rings. The minimum atomic E-state index is -0.989. The monoisotopic (exact) mass is 712 g/mol. The highest BCUT2D eigenvalue weighted by molar-refractivity contribution is 6.23. The van der Waals surface area contributed by atoms with E-state index in [0.29, 0.717) is 34.6 Å². The Morgan fingerprint density at radius 3 is 2.17 bits per heavy atom. The summed E-state index contributed by atoms with van der Waals surface area (Å²) in [5, 5.41) is 9.55. The van der Waals surface area contributed by atoms with E-state index in [4.69, 9.17) is 14.0 Å². The number of hydrogen-bond donors (Lipinski definition) is 2. The Hall–Kier alpha value is -6.37. The Morgan fingerprint density at radius 1 is 0.849 bits per heavy atom. The fourth-order valence-corrected chi connectivity index (χ4v) is 6.94. The summed E-state index contributed by atoms with van der Waals surface area (Å²) in [6.45, 7) is 6.09. The van der Waals surface area contributed by atoms with Crippen molar-refractivity contribution in [3.8, 4) is 28.8 Å². The van der Waals surface area contributed by atoms with Crippen LogP contribution in [0, 0.1) is 6.92 Å². The zero-order chi connectivity index (χ0) is 36.9. The molecule has 1 saturated heterocycles. The van der Waals surface area contributed by atoms with E-state index in [0.717, 1.165) is 34.6 Å². The van der Waals surface area contributed by atoms with Crippen molar-refractivity contribution >= 4 is 29.3 Å². The third-order valence-corrected chi connectivity index (χ3v) is 10.1. The highest BCUT2D eigenvalue weighted by Gasteiger charge is 2.45. The first-order valence-corrected chi connectivity index (χ1v) is 17.5. The molecule has 3 aliphatic rings. The number of carbonyl (C=O) groups excluding carboxylic acids is 4. The number of carbonyl (C=O) groups is 4. The molecule has 8 rings (SSSR count). The number of rotatable bonds is 10. The van der Waals surface area contributed by atoms with Crippen LogP contribution in [0.1, 0.15) is 77.3 Å². The van der Waals surface area contributed by atoms with Crippen molar-refractivity contribution in [2.24, 2.45) is 0 Å². The molecule has 5 aromatic rings. The Bertz CT molecular complexity index is 2230. The van der Waals surface area contributed by atoms with Gasteiger partial charge in [0.1, 0.15) is 35.1 Å². The molecule has 268 valence electrons. The lowest BCUT2D eigenvalue weighted by Gasteiger charge is -2.36. The minimum absolute atomic E-state index is 0.0362. The van der Waals surface area contributed by atoms with E-state index in [1.807, 2.05) is 30.3 Å². The number of nitrogens with zero attached hydrogens (tertiary/aromatic N) is 4. The second-order valence-corrected chi connectivity index (χ2v) is 14.1. The summed E-state index contributed by atoms with van der Waals surface area (Å²) in [5.41, 5.74) is 3.83. The van der Waals surface area contributed by atoms with E-state index in [1.165, 1.54) is 0 Å². The molecule has 0 spiro atoms. The van der Waals surface area contributed by atoms with Gasteiger partial charge in [-0.15, -0.1) is 0 Å². The Kier molecular flexibility index (Phi) is 8.48. The molecule has 1 saturated carbocycles. The quantitative estimate of drug-likeness (QED) is 0.164. The highest BCUT2D eigenvalue weighted by Crippen LogP contribution is 2.36. The van der Waals surface area contributed by atoms with E-state index < -0.39 is 29.7 Å². The SMILES string of the molecule is Cc1nc(-c2ccc(Oc3ccc(C(C)(C)c4ccc(O[C@H]5C[C@@H](Nc6ccc7c(c6)C(=O)N(C6CCC(=O)NC6=O)C7=O)C5)cc4)cc3)cn2)no1. The van der Waals surface area contributed by atoms with E-state index >= 15 is 0 Å². The summed E-state index contributed by atoms with van der Waals surface area (Å²) in [7, 11) is 0. The minimum Gasteiger partial charge on any atom is -0.490 e. The maximum Gasteiger partial charge on any atom is 0.262 e. The molecule has 4 heterocycles. The number of piperidine rings is 1. The van der Waals surface area contributed by atoms with Gasteiger partial charge < -0.3 is 19.3 Å². The molecule has 0 radical (unpaired) electrons. The van der Waals surface area contributed by atoms with Crippen LogP contribution in [-0.2, 0) is 15.0 Å². The van der Waals surface area contributed by atoms with Crippen LogP contribution in [0.25, 0.3) is 11.5 Å². The third kappa shape index (κ3) is 6.61. The van der Waals surface area contributed by atoms with E-state index in [-0.39, 0.29) is 41.5 Å². The van der Waals surface area contributed by atoms with Gasteiger partial charge in [0.05, 0.1) is 17.3 Å². The van der Waals surface area contributed by atoms with Crippen molar-refractivity contribution in [1.29, 1.82) is 0 Å². The second kappa shape index (κ2) is 13.3. The van der Waals surface area contributed by atoms with Gasteiger partial charge in [-0.25, -0.2) is 4.98 Å². The molecule has 53 heavy (non-hydrogen) atoms. The topological polar surface area (TPSA) is 166 Å². The number of aryl methyl sites for hydroxylation is 1. The number of benzene rings is 3. The van der Waals surface area contributed by atoms with Crippen molar-refractivity contribution in [3.63, 3.8) is 0 Å². The average molecular weight is 713 g/mol. The number of nitrogens with one attached hydrogen (secondary N) is 2. The van der Waals surface area contributed by atoms with Gasteiger partial charge in [0.25, 0.3) is 11.8 Å². The summed E-state index contributed by atoms with van der Waals surface area (Å²) < 4.78 is 17.3. The number of fused-ring (bicyclic) bond motifs is 1. The Balaban J connectivity index is 0.829. The summed E-state index contributed by atoms with van der Waals surface area (Å²) in [6.07, 6.45) is 3.41. The lowest BCUT2D eigenvalue weighted by Crippen LogP contribution is -2.54. The van der Waals surface area contributed by atoms with Gasteiger partial charge >= 0.3 is 0 Å². The zero-order valence-electron chi connectivity index (χ0n) is 29.3. The van der Waals surface area contributed by atoms with Gasteiger partial charge in [-0.3, -0.25) is 29.4 Å². The smallest absolute Gasteiger partial charge is 0.262 e. The van der Waals surface area contributed by atoms with Crippen molar-refractivity contribution in [1.82, 2.24) is 25.3 Å². The first-order chi connectivity index (χ1) is 25.5. The molecule has 13 heteroatoms. The highest BCUT2D eigenvalue weighted by atomic mass is 16.5. The fraction of sp³-hybridized carbons (Fsp3) is 0.275. The van der Waals surface area contributed by atoms with E-state index in [9.17, 15) is 19.2 Å². The van der Waals surface area contributed by atoms with Crippen molar-refractivity contribution in [2.45, 2.75) is 70.1 Å². The number of pyridine rings is 1. The predicted octanol–water partition coefficient (Wildman–Crippen LogP) is 5.98. The molecular weight excluding hydrogens is 676 g/mol. The molecule has 3 aromatic carbocycles. The van der Waals surface area contributed by atoms with Gasteiger partial charge in [0, 0.05) is 43.3 Å². The number of amides is 4. The predicted molar refractivity (Wildman–Crippen MR) is 192 cm³/mol. The van der Waals surface area contributed by atoms with Crippen molar-refractivity contribution in [3.05, 3.63) is 113 Å². The molecule has 1 aliphatic carbocycles. The molecule has 1 unspecified atom stereocenters. The summed E-state index contributed by atoms with van der Waals surface area (Å²) >= 11 is 0. The lowest BCUT2D eigenvalue weighted by molar-refractivity contribution is -0.136. The molecule has 13 nitrogen and oxygen atoms in total. The Labute approximate surface area is 304 Å². The largest absolute Gasteiger partial charge is 0.490 e. The van der Waals surface area contributed by atoms with Crippen LogP contribution in [0.4, 0.5) is 5.69 Å². The van der Waals surface area contributed by atoms with Crippen LogP contribution >= 0.6 is 0 Å². The number of anilines is 1. The maximum absolute atomic E-state index is 13.2.